The lowest BCUT2D eigenvalue weighted by molar-refractivity contribution is 0.0696. The van der Waals surface area contributed by atoms with E-state index in [1.807, 2.05) is 19.1 Å². The summed E-state index contributed by atoms with van der Waals surface area (Å²) < 4.78 is 2.07. The molecule has 0 spiro atoms. The lowest BCUT2D eigenvalue weighted by Gasteiger charge is -2.25. The molecule has 24 heavy (non-hydrogen) atoms. The molecule has 1 fully saturated rings. The van der Waals surface area contributed by atoms with Crippen LogP contribution in [0.2, 0.25) is 0 Å². The number of fused-ring (bicyclic) bond motifs is 1. The fourth-order valence-corrected chi connectivity index (χ4v) is 3.48. The van der Waals surface area contributed by atoms with E-state index in [9.17, 15) is 4.79 Å². The van der Waals surface area contributed by atoms with E-state index in [2.05, 4.69) is 25.9 Å². The van der Waals surface area contributed by atoms with Gasteiger partial charge in [0.25, 0.3) is 0 Å². The molecule has 4 rings (SSSR count). The first-order chi connectivity index (χ1) is 11.6. The summed E-state index contributed by atoms with van der Waals surface area (Å²) in [6.07, 6.45) is 11.1. The predicted molar refractivity (Wildman–Crippen MR) is 93.2 cm³/mol. The number of aromatic nitrogens is 4. The van der Waals surface area contributed by atoms with Crippen LogP contribution in [-0.4, -0.2) is 30.8 Å². The minimum atomic E-state index is -0.992. The molecule has 0 aliphatic heterocycles. The van der Waals surface area contributed by atoms with Crippen LogP contribution in [0.1, 0.15) is 51.9 Å². The summed E-state index contributed by atoms with van der Waals surface area (Å²) in [6.45, 7) is 2.01. The summed E-state index contributed by atoms with van der Waals surface area (Å²) in [5.74, 6) is -0.992. The van der Waals surface area contributed by atoms with E-state index in [1.165, 1.54) is 36.8 Å². The van der Waals surface area contributed by atoms with Gasteiger partial charge in [0.05, 0.1) is 17.3 Å². The normalized spacial score (nSPS) is 15.2. The Morgan fingerprint density at radius 1 is 1.42 bits per heavy atom. The van der Waals surface area contributed by atoms with Gasteiger partial charge in [-0.25, -0.2) is 14.8 Å². The molecule has 7 heteroatoms. The molecule has 122 valence electrons. The molecule has 3 aromatic heterocycles. The van der Waals surface area contributed by atoms with Gasteiger partial charge in [-0.15, -0.1) is 0 Å². The summed E-state index contributed by atoms with van der Waals surface area (Å²) in [5, 5.41) is 14.4. The highest BCUT2D eigenvalue weighted by Gasteiger charge is 2.20. The van der Waals surface area contributed by atoms with Crippen LogP contribution < -0.4 is 0 Å². The molecule has 0 saturated heterocycles. The first-order valence-electron chi connectivity index (χ1n) is 7.84. The Bertz CT molecular complexity index is 953. The van der Waals surface area contributed by atoms with E-state index in [0.717, 1.165) is 21.1 Å². The monoisotopic (exact) mass is 340 g/mol. The van der Waals surface area contributed by atoms with Crippen molar-refractivity contribution in [3.05, 3.63) is 40.3 Å². The second kappa shape index (κ2) is 5.83. The number of thiazole rings is 1. The molecule has 0 aromatic carbocycles. The lowest BCUT2D eigenvalue weighted by atomic mass is 9.93. The summed E-state index contributed by atoms with van der Waals surface area (Å²) in [6, 6.07) is 2.10. The van der Waals surface area contributed by atoms with Crippen molar-refractivity contribution in [2.75, 3.05) is 0 Å². The van der Waals surface area contributed by atoms with Gasteiger partial charge in [-0.1, -0.05) is 11.3 Å². The number of pyridine rings is 1. The van der Waals surface area contributed by atoms with Gasteiger partial charge >= 0.3 is 5.97 Å². The topological polar surface area (TPSA) is 80.9 Å². The van der Waals surface area contributed by atoms with Crippen molar-refractivity contribution in [2.24, 2.45) is 0 Å². The Morgan fingerprint density at radius 2 is 2.25 bits per heavy atom. The highest BCUT2D eigenvalue weighted by molar-refractivity contribution is 7.18. The lowest BCUT2D eigenvalue weighted by Crippen LogP contribution is -2.17. The molecule has 3 heterocycles. The van der Waals surface area contributed by atoms with E-state index >= 15 is 0 Å². The zero-order valence-corrected chi connectivity index (χ0v) is 14.0. The van der Waals surface area contributed by atoms with Crippen molar-refractivity contribution < 1.29 is 9.90 Å². The molecule has 0 amide bonds. The number of carboxylic acid groups (broad SMARTS) is 1. The van der Waals surface area contributed by atoms with Gasteiger partial charge < -0.3 is 5.11 Å². The van der Waals surface area contributed by atoms with Crippen molar-refractivity contribution in [1.82, 2.24) is 19.7 Å². The quantitative estimate of drug-likeness (QED) is 0.781. The van der Waals surface area contributed by atoms with E-state index in [0.29, 0.717) is 11.6 Å². The largest absolute Gasteiger partial charge is 0.478 e. The molecule has 1 aliphatic rings. The third kappa shape index (κ3) is 2.71. The Hall–Kier alpha value is -2.54. The second-order valence-electron chi connectivity index (χ2n) is 5.97. The number of nitrogens with zero attached hydrogens (tertiary/aromatic N) is 4. The highest BCUT2D eigenvalue weighted by Crippen LogP contribution is 2.31. The molecule has 1 aliphatic carbocycles. The summed E-state index contributed by atoms with van der Waals surface area (Å²) in [7, 11) is 0. The summed E-state index contributed by atoms with van der Waals surface area (Å²) in [5.41, 5.74) is 2.85. The maximum absolute atomic E-state index is 11.0. The van der Waals surface area contributed by atoms with Crippen molar-refractivity contribution in [2.45, 2.75) is 32.2 Å². The third-order valence-corrected chi connectivity index (χ3v) is 5.26. The van der Waals surface area contributed by atoms with Crippen LogP contribution in [0.5, 0.6) is 0 Å². The minimum absolute atomic E-state index is 0.154. The maximum Gasteiger partial charge on any atom is 0.337 e. The van der Waals surface area contributed by atoms with Crippen LogP contribution in [0.4, 0.5) is 0 Å². The van der Waals surface area contributed by atoms with Gasteiger partial charge in [0.15, 0.2) is 0 Å². The highest BCUT2D eigenvalue weighted by atomic mass is 32.1. The van der Waals surface area contributed by atoms with E-state index in [-0.39, 0.29) is 5.56 Å². The number of aromatic carboxylic acids is 1. The van der Waals surface area contributed by atoms with Crippen molar-refractivity contribution >= 4 is 39.8 Å². The van der Waals surface area contributed by atoms with E-state index in [4.69, 9.17) is 5.11 Å². The third-order valence-electron chi connectivity index (χ3n) is 4.32. The van der Waals surface area contributed by atoms with Crippen LogP contribution in [-0.2, 0) is 0 Å². The SMILES string of the molecule is Cc1nn(C2CCC2)cc1/C=C/c1nc2cc(C(=O)O)cnc2s1. The molecule has 0 unspecified atom stereocenters. The Kier molecular flexibility index (Phi) is 3.65. The maximum atomic E-state index is 11.0. The molecule has 6 nitrogen and oxygen atoms in total. The fraction of sp³-hybridized carbons (Fsp3) is 0.294. The average molecular weight is 340 g/mol. The van der Waals surface area contributed by atoms with E-state index < -0.39 is 5.97 Å². The van der Waals surface area contributed by atoms with Gasteiger partial charge in [-0.2, -0.15) is 5.10 Å². The van der Waals surface area contributed by atoms with Gasteiger partial charge in [0.2, 0.25) is 0 Å². The molecule has 0 radical (unpaired) electrons. The van der Waals surface area contributed by atoms with Gasteiger partial charge in [-0.3, -0.25) is 4.68 Å². The minimum Gasteiger partial charge on any atom is -0.478 e. The number of carbonyl (C=O) groups is 1. The molecule has 0 atom stereocenters. The van der Waals surface area contributed by atoms with Gasteiger partial charge in [0, 0.05) is 18.0 Å². The van der Waals surface area contributed by atoms with Crippen LogP contribution >= 0.6 is 11.3 Å². The molecular formula is C17H16N4O2S. The zero-order valence-electron chi connectivity index (χ0n) is 13.1. The van der Waals surface area contributed by atoms with Crippen LogP contribution in [0.25, 0.3) is 22.5 Å². The van der Waals surface area contributed by atoms with Crippen molar-refractivity contribution in [3.63, 3.8) is 0 Å². The Morgan fingerprint density at radius 3 is 2.96 bits per heavy atom. The predicted octanol–water partition coefficient (Wildman–Crippen LogP) is 3.79. The Labute approximate surface area is 142 Å². The number of carboxylic acids is 1. The van der Waals surface area contributed by atoms with Crippen LogP contribution in [0.3, 0.4) is 0 Å². The van der Waals surface area contributed by atoms with Crippen molar-refractivity contribution in [1.29, 1.82) is 0 Å². The molecule has 3 aromatic rings. The molecule has 1 saturated carbocycles. The number of hydrogen-bond donors (Lipinski definition) is 1. The van der Waals surface area contributed by atoms with Crippen LogP contribution in [0, 0.1) is 6.92 Å². The average Bonchev–Trinajstić information content (AvgIpc) is 3.05. The molecule has 1 N–H and O–H groups in total. The van der Waals surface area contributed by atoms with Gasteiger partial charge in [-0.05, 0) is 44.4 Å². The van der Waals surface area contributed by atoms with Gasteiger partial charge in [0.1, 0.15) is 15.4 Å². The Balaban J connectivity index is 1.60. The van der Waals surface area contributed by atoms with Crippen LogP contribution in [0.15, 0.2) is 18.5 Å². The first kappa shape index (κ1) is 15.0. The number of rotatable bonds is 4. The first-order valence-corrected chi connectivity index (χ1v) is 8.65. The van der Waals surface area contributed by atoms with E-state index in [1.54, 1.807) is 6.07 Å². The number of aryl methyl sites for hydroxylation is 1. The molecular weight excluding hydrogens is 324 g/mol. The summed E-state index contributed by atoms with van der Waals surface area (Å²) >= 11 is 1.44. The summed E-state index contributed by atoms with van der Waals surface area (Å²) in [4.78, 5) is 20.4. The molecule has 0 bridgehead atoms. The smallest absolute Gasteiger partial charge is 0.337 e. The number of hydrogen-bond acceptors (Lipinski definition) is 5. The fourth-order valence-electron chi connectivity index (χ4n) is 2.69. The zero-order chi connectivity index (χ0) is 16.7. The standard InChI is InChI=1S/C17H16N4O2S/c1-10-11(9-21(20-10)13-3-2-4-13)5-6-15-19-14-7-12(17(22)23)8-18-16(14)24-15/h5-9,13H,2-4H2,1H3,(H,22,23)/b6-5+. The second-order valence-corrected chi connectivity index (χ2v) is 6.98. The van der Waals surface area contributed by atoms with Crippen molar-refractivity contribution in [3.8, 4) is 0 Å².